The number of halogens is 1. The van der Waals surface area contributed by atoms with Crippen LogP contribution in [0.4, 0.5) is 0 Å². The van der Waals surface area contributed by atoms with Crippen molar-refractivity contribution in [3.8, 4) is 5.69 Å². The molecule has 3 rings (SSSR count). The quantitative estimate of drug-likeness (QED) is 0.754. The molecule has 2 aromatic rings. The van der Waals surface area contributed by atoms with E-state index in [9.17, 15) is 5.11 Å². The zero-order valence-corrected chi connectivity index (χ0v) is 12.3. The van der Waals surface area contributed by atoms with Crippen molar-refractivity contribution in [1.82, 2.24) is 25.4 Å². The summed E-state index contributed by atoms with van der Waals surface area (Å²) in [4.78, 5) is 3.97. The molecule has 7 heteroatoms. The maximum absolute atomic E-state index is 9.79. The normalized spacial score (nSPS) is 21.8. The third-order valence-corrected chi connectivity index (χ3v) is 3.97. The molecule has 0 saturated carbocycles. The summed E-state index contributed by atoms with van der Waals surface area (Å²) < 4.78 is 1.70. The molecule has 21 heavy (non-hydrogen) atoms. The Balaban J connectivity index is 1.67. The third kappa shape index (κ3) is 3.41. The number of nitrogens with one attached hydrogen (secondary N) is 2. The summed E-state index contributed by atoms with van der Waals surface area (Å²) in [7, 11) is 0. The first kappa shape index (κ1) is 14.5. The first-order chi connectivity index (χ1) is 10.2. The van der Waals surface area contributed by atoms with E-state index in [1.807, 2.05) is 18.2 Å². The lowest BCUT2D eigenvalue weighted by Gasteiger charge is -2.15. The largest absolute Gasteiger partial charge is 0.391 e. The molecule has 1 aliphatic heterocycles. The van der Waals surface area contributed by atoms with E-state index < -0.39 is 0 Å². The van der Waals surface area contributed by atoms with Gasteiger partial charge in [0.05, 0.1) is 11.8 Å². The van der Waals surface area contributed by atoms with Crippen molar-refractivity contribution in [2.24, 2.45) is 5.92 Å². The van der Waals surface area contributed by atoms with Gasteiger partial charge in [-0.1, -0.05) is 17.7 Å². The van der Waals surface area contributed by atoms with E-state index in [2.05, 4.69) is 20.7 Å². The predicted molar refractivity (Wildman–Crippen MR) is 80.4 cm³/mol. The van der Waals surface area contributed by atoms with Gasteiger partial charge in [-0.3, -0.25) is 0 Å². The lowest BCUT2D eigenvalue weighted by atomic mass is 10.1. The smallest absolute Gasteiger partial charge is 0.138 e. The Morgan fingerprint density at radius 2 is 2.33 bits per heavy atom. The molecule has 2 atom stereocenters. The highest BCUT2D eigenvalue weighted by molar-refractivity contribution is 6.30. The Bertz CT molecular complexity index is 589. The molecule has 0 aliphatic carbocycles. The monoisotopic (exact) mass is 307 g/mol. The fourth-order valence-electron chi connectivity index (χ4n) is 2.55. The third-order valence-electron chi connectivity index (χ3n) is 3.74. The SMILES string of the molecule is OC1CNCC1CNCc1ccc(Cl)cc1-n1cncn1. The van der Waals surface area contributed by atoms with E-state index in [0.717, 1.165) is 24.3 Å². The van der Waals surface area contributed by atoms with Crippen LogP contribution in [0.1, 0.15) is 5.56 Å². The van der Waals surface area contributed by atoms with Gasteiger partial charge in [-0.15, -0.1) is 0 Å². The molecule has 0 spiro atoms. The van der Waals surface area contributed by atoms with Crippen molar-refractivity contribution in [3.05, 3.63) is 41.4 Å². The van der Waals surface area contributed by atoms with Crippen LogP contribution in [0.15, 0.2) is 30.9 Å². The maximum Gasteiger partial charge on any atom is 0.138 e. The predicted octanol–water partition coefficient (Wildman–Crippen LogP) is 0.591. The molecule has 2 unspecified atom stereocenters. The second-order valence-corrected chi connectivity index (χ2v) is 5.67. The first-order valence-electron chi connectivity index (χ1n) is 6.97. The summed E-state index contributed by atoms with van der Waals surface area (Å²) in [6.07, 6.45) is 2.89. The Morgan fingerprint density at radius 3 is 3.05 bits per heavy atom. The molecular weight excluding hydrogens is 290 g/mol. The minimum Gasteiger partial charge on any atom is -0.391 e. The highest BCUT2D eigenvalue weighted by Crippen LogP contribution is 2.19. The molecule has 1 fully saturated rings. The van der Waals surface area contributed by atoms with E-state index in [4.69, 9.17) is 11.6 Å². The Hall–Kier alpha value is -1.47. The van der Waals surface area contributed by atoms with Crippen LogP contribution in [-0.4, -0.2) is 45.6 Å². The van der Waals surface area contributed by atoms with Crippen molar-refractivity contribution in [2.45, 2.75) is 12.6 Å². The number of aliphatic hydroxyl groups excluding tert-OH is 1. The van der Waals surface area contributed by atoms with Gasteiger partial charge in [0.15, 0.2) is 0 Å². The number of benzene rings is 1. The van der Waals surface area contributed by atoms with Gasteiger partial charge in [0.1, 0.15) is 12.7 Å². The average molecular weight is 308 g/mol. The molecule has 1 aromatic carbocycles. The Kier molecular flexibility index (Phi) is 4.50. The molecule has 2 heterocycles. The fourth-order valence-corrected chi connectivity index (χ4v) is 2.72. The summed E-state index contributed by atoms with van der Waals surface area (Å²) in [6.45, 7) is 2.99. The molecule has 0 radical (unpaired) electrons. The van der Waals surface area contributed by atoms with E-state index in [-0.39, 0.29) is 12.0 Å². The van der Waals surface area contributed by atoms with Crippen LogP contribution < -0.4 is 10.6 Å². The summed E-state index contributed by atoms with van der Waals surface area (Å²) in [6, 6.07) is 5.72. The van der Waals surface area contributed by atoms with Gasteiger partial charge in [0.25, 0.3) is 0 Å². The number of hydrogen-bond acceptors (Lipinski definition) is 5. The van der Waals surface area contributed by atoms with E-state index in [1.54, 1.807) is 11.0 Å². The molecular formula is C14H18ClN5O. The molecule has 0 bridgehead atoms. The second kappa shape index (κ2) is 6.53. The lowest BCUT2D eigenvalue weighted by molar-refractivity contribution is 0.146. The van der Waals surface area contributed by atoms with Crippen molar-refractivity contribution in [2.75, 3.05) is 19.6 Å². The van der Waals surface area contributed by atoms with Crippen LogP contribution in [0, 0.1) is 5.92 Å². The summed E-state index contributed by atoms with van der Waals surface area (Å²) >= 11 is 6.07. The van der Waals surface area contributed by atoms with E-state index in [1.165, 1.54) is 6.33 Å². The van der Waals surface area contributed by atoms with Gasteiger partial charge in [-0.2, -0.15) is 5.10 Å². The standard InChI is InChI=1S/C14H18ClN5O/c15-12-2-1-10(13(3-12)20-9-18-8-19-20)4-16-5-11-6-17-7-14(11)21/h1-3,8-9,11,14,16-17,21H,4-7H2. The van der Waals surface area contributed by atoms with Gasteiger partial charge < -0.3 is 15.7 Å². The molecule has 3 N–H and O–H groups in total. The van der Waals surface area contributed by atoms with E-state index >= 15 is 0 Å². The van der Waals surface area contributed by atoms with Gasteiger partial charge in [-0.05, 0) is 17.7 Å². The highest BCUT2D eigenvalue weighted by atomic mass is 35.5. The number of nitrogens with zero attached hydrogens (tertiary/aromatic N) is 3. The minimum absolute atomic E-state index is 0.257. The van der Waals surface area contributed by atoms with Crippen LogP contribution in [0.2, 0.25) is 5.02 Å². The molecule has 0 amide bonds. The zero-order valence-electron chi connectivity index (χ0n) is 11.5. The Labute approximate surface area is 128 Å². The summed E-state index contributed by atoms with van der Waals surface area (Å²) in [5.74, 6) is 0.257. The molecule has 6 nitrogen and oxygen atoms in total. The van der Waals surface area contributed by atoms with Crippen molar-refractivity contribution in [1.29, 1.82) is 0 Å². The first-order valence-corrected chi connectivity index (χ1v) is 7.35. The number of β-amino-alcohol motifs (C(OH)–C–C–N with tert-alkyl or cyclic N) is 1. The van der Waals surface area contributed by atoms with Gasteiger partial charge in [0.2, 0.25) is 0 Å². The van der Waals surface area contributed by atoms with Crippen LogP contribution in [-0.2, 0) is 6.54 Å². The number of aromatic nitrogens is 3. The fraction of sp³-hybridized carbons (Fsp3) is 0.429. The van der Waals surface area contributed by atoms with E-state index in [0.29, 0.717) is 18.1 Å². The van der Waals surface area contributed by atoms with Crippen LogP contribution >= 0.6 is 11.6 Å². The average Bonchev–Trinajstić information content (AvgIpc) is 3.13. The van der Waals surface area contributed by atoms with Gasteiger partial charge >= 0.3 is 0 Å². The van der Waals surface area contributed by atoms with Crippen molar-refractivity contribution >= 4 is 11.6 Å². The topological polar surface area (TPSA) is 75.0 Å². The molecule has 1 aliphatic rings. The van der Waals surface area contributed by atoms with Crippen molar-refractivity contribution in [3.63, 3.8) is 0 Å². The van der Waals surface area contributed by atoms with Crippen molar-refractivity contribution < 1.29 is 5.11 Å². The van der Waals surface area contributed by atoms with Gasteiger partial charge in [-0.25, -0.2) is 9.67 Å². The Morgan fingerprint density at radius 1 is 1.43 bits per heavy atom. The maximum atomic E-state index is 9.79. The lowest BCUT2D eigenvalue weighted by Crippen LogP contribution is -2.30. The second-order valence-electron chi connectivity index (χ2n) is 5.23. The van der Waals surface area contributed by atoms with Crippen LogP contribution in [0.25, 0.3) is 5.69 Å². The number of hydrogen-bond donors (Lipinski definition) is 3. The number of rotatable bonds is 5. The summed E-state index contributed by atoms with van der Waals surface area (Å²) in [5, 5.41) is 21.2. The molecule has 1 aromatic heterocycles. The van der Waals surface area contributed by atoms with Crippen LogP contribution in [0.5, 0.6) is 0 Å². The van der Waals surface area contributed by atoms with Gasteiger partial charge in [0, 0.05) is 37.1 Å². The molecule has 1 saturated heterocycles. The highest BCUT2D eigenvalue weighted by Gasteiger charge is 2.24. The molecule has 112 valence electrons. The summed E-state index contributed by atoms with van der Waals surface area (Å²) in [5.41, 5.74) is 2.00. The minimum atomic E-state index is -0.266. The van der Waals surface area contributed by atoms with Crippen LogP contribution in [0.3, 0.4) is 0 Å². The number of aliphatic hydroxyl groups is 1. The zero-order chi connectivity index (χ0) is 14.7.